The SMILES string of the molecule is CC1=C(C(=O)OCCc2ccccc2)[C@H](c2ccccc2Cl)NC(=O)N1C. The monoisotopic (exact) mass is 384 g/mol. The number of ether oxygens (including phenoxy) is 1. The number of hydrogen-bond donors (Lipinski definition) is 1. The predicted octanol–water partition coefficient (Wildman–Crippen LogP) is 4.10. The third-order valence-electron chi connectivity index (χ3n) is 4.66. The highest BCUT2D eigenvalue weighted by atomic mass is 35.5. The standard InChI is InChI=1S/C21H21ClN2O3/c1-14-18(20(25)27-13-12-15-8-4-3-5-9-15)19(23-21(26)24(14)2)16-10-6-7-11-17(16)22/h3-11,19H,12-13H2,1-2H3,(H,23,26)/t19-/m0/s1. The molecule has 0 spiro atoms. The van der Waals surface area contributed by atoms with Crippen LogP contribution in [-0.2, 0) is 16.0 Å². The van der Waals surface area contributed by atoms with Crippen LogP contribution in [0.15, 0.2) is 65.9 Å². The van der Waals surface area contributed by atoms with Crippen molar-refractivity contribution in [1.82, 2.24) is 10.2 Å². The molecule has 6 heteroatoms. The minimum atomic E-state index is -0.647. The molecule has 140 valence electrons. The van der Waals surface area contributed by atoms with Crippen molar-refractivity contribution in [3.63, 3.8) is 0 Å². The molecule has 1 atom stereocenters. The lowest BCUT2D eigenvalue weighted by molar-refractivity contribution is -0.139. The molecule has 3 rings (SSSR count). The quantitative estimate of drug-likeness (QED) is 0.789. The van der Waals surface area contributed by atoms with Crippen molar-refractivity contribution in [1.29, 1.82) is 0 Å². The average molecular weight is 385 g/mol. The van der Waals surface area contributed by atoms with E-state index in [1.54, 1.807) is 32.2 Å². The molecule has 1 aliphatic rings. The van der Waals surface area contributed by atoms with Gasteiger partial charge in [-0.25, -0.2) is 9.59 Å². The fourth-order valence-electron chi connectivity index (χ4n) is 3.03. The summed E-state index contributed by atoms with van der Waals surface area (Å²) in [6.07, 6.45) is 0.623. The van der Waals surface area contributed by atoms with E-state index in [4.69, 9.17) is 16.3 Å². The summed E-state index contributed by atoms with van der Waals surface area (Å²) < 4.78 is 5.51. The number of nitrogens with zero attached hydrogens (tertiary/aromatic N) is 1. The number of carbonyl (C=O) groups excluding carboxylic acids is 2. The molecule has 0 radical (unpaired) electrons. The number of carbonyl (C=O) groups is 2. The van der Waals surface area contributed by atoms with E-state index in [1.807, 2.05) is 36.4 Å². The largest absolute Gasteiger partial charge is 0.462 e. The van der Waals surface area contributed by atoms with E-state index < -0.39 is 12.0 Å². The number of benzene rings is 2. The summed E-state index contributed by atoms with van der Waals surface area (Å²) >= 11 is 6.30. The van der Waals surface area contributed by atoms with Gasteiger partial charge in [0.15, 0.2) is 0 Å². The van der Waals surface area contributed by atoms with Gasteiger partial charge in [-0.2, -0.15) is 0 Å². The Labute approximate surface area is 163 Å². The van der Waals surface area contributed by atoms with Gasteiger partial charge in [-0.3, -0.25) is 0 Å². The maximum Gasteiger partial charge on any atom is 0.338 e. The second-order valence-corrected chi connectivity index (χ2v) is 6.74. The number of amides is 2. The van der Waals surface area contributed by atoms with Gasteiger partial charge in [0, 0.05) is 24.2 Å². The second kappa shape index (κ2) is 8.27. The first kappa shape index (κ1) is 19.0. The lowest BCUT2D eigenvalue weighted by Crippen LogP contribution is -2.46. The maximum atomic E-state index is 12.8. The smallest absolute Gasteiger partial charge is 0.338 e. The third-order valence-corrected chi connectivity index (χ3v) is 5.00. The summed E-state index contributed by atoms with van der Waals surface area (Å²) in [7, 11) is 1.62. The summed E-state index contributed by atoms with van der Waals surface area (Å²) in [4.78, 5) is 26.5. The lowest BCUT2D eigenvalue weighted by atomic mass is 9.95. The second-order valence-electron chi connectivity index (χ2n) is 6.33. The summed E-state index contributed by atoms with van der Waals surface area (Å²) in [5.74, 6) is -0.458. The highest BCUT2D eigenvalue weighted by Crippen LogP contribution is 2.34. The van der Waals surface area contributed by atoms with Gasteiger partial charge < -0.3 is 15.0 Å². The molecule has 0 unspecified atom stereocenters. The van der Waals surface area contributed by atoms with E-state index in [2.05, 4.69) is 5.32 Å². The number of allylic oxidation sites excluding steroid dienone is 1. The van der Waals surface area contributed by atoms with Crippen LogP contribution in [0.2, 0.25) is 5.02 Å². The number of hydrogen-bond acceptors (Lipinski definition) is 3. The number of nitrogens with one attached hydrogen (secondary N) is 1. The number of urea groups is 1. The molecule has 0 aromatic heterocycles. The van der Waals surface area contributed by atoms with E-state index in [9.17, 15) is 9.59 Å². The Morgan fingerprint density at radius 1 is 1.15 bits per heavy atom. The molecule has 5 nitrogen and oxygen atoms in total. The first-order valence-corrected chi connectivity index (χ1v) is 9.07. The Morgan fingerprint density at radius 3 is 2.52 bits per heavy atom. The van der Waals surface area contributed by atoms with Crippen LogP contribution in [0.3, 0.4) is 0 Å². The van der Waals surface area contributed by atoms with Crippen LogP contribution >= 0.6 is 11.6 Å². The molecule has 0 aliphatic carbocycles. The van der Waals surface area contributed by atoms with Crippen molar-refractivity contribution in [3.8, 4) is 0 Å². The fourth-order valence-corrected chi connectivity index (χ4v) is 3.27. The van der Waals surface area contributed by atoms with Crippen LogP contribution in [0.1, 0.15) is 24.1 Å². The van der Waals surface area contributed by atoms with Crippen LogP contribution < -0.4 is 5.32 Å². The summed E-state index contributed by atoms with van der Waals surface area (Å²) in [5.41, 5.74) is 2.69. The zero-order chi connectivity index (χ0) is 19.4. The van der Waals surface area contributed by atoms with Gasteiger partial charge in [0.25, 0.3) is 0 Å². The van der Waals surface area contributed by atoms with Crippen molar-refractivity contribution in [2.24, 2.45) is 0 Å². The van der Waals surface area contributed by atoms with Crippen molar-refractivity contribution in [2.45, 2.75) is 19.4 Å². The van der Waals surface area contributed by atoms with Gasteiger partial charge >= 0.3 is 12.0 Å². The molecule has 0 saturated carbocycles. The minimum absolute atomic E-state index is 0.256. The van der Waals surface area contributed by atoms with E-state index in [1.165, 1.54) is 4.90 Å². The van der Waals surface area contributed by atoms with E-state index in [0.29, 0.717) is 28.3 Å². The molecule has 2 amide bonds. The molecule has 0 saturated heterocycles. The number of esters is 1. The molecule has 1 N–H and O–H groups in total. The lowest BCUT2D eigenvalue weighted by Gasteiger charge is -2.33. The van der Waals surface area contributed by atoms with Crippen LogP contribution in [0.4, 0.5) is 4.79 Å². The van der Waals surface area contributed by atoms with Crippen molar-refractivity contribution in [2.75, 3.05) is 13.7 Å². The highest BCUT2D eigenvalue weighted by Gasteiger charge is 2.35. The summed E-state index contributed by atoms with van der Waals surface area (Å²) in [5, 5.41) is 3.32. The molecular formula is C21H21ClN2O3. The summed E-state index contributed by atoms with van der Waals surface area (Å²) in [6.45, 7) is 1.99. The van der Waals surface area contributed by atoms with Crippen LogP contribution in [0.25, 0.3) is 0 Å². The first-order chi connectivity index (χ1) is 13.0. The zero-order valence-electron chi connectivity index (χ0n) is 15.2. The highest BCUT2D eigenvalue weighted by molar-refractivity contribution is 6.31. The van der Waals surface area contributed by atoms with Gasteiger partial charge in [0.2, 0.25) is 0 Å². The number of rotatable bonds is 5. The summed E-state index contributed by atoms with van der Waals surface area (Å²) in [6, 6.07) is 16.0. The normalized spacial score (nSPS) is 16.9. The van der Waals surface area contributed by atoms with Crippen molar-refractivity contribution >= 4 is 23.6 Å². The van der Waals surface area contributed by atoms with Gasteiger partial charge in [-0.15, -0.1) is 0 Å². The topological polar surface area (TPSA) is 58.6 Å². The Hall–Kier alpha value is -2.79. The van der Waals surface area contributed by atoms with Gasteiger partial charge in [0.1, 0.15) is 0 Å². The molecule has 1 heterocycles. The number of halogens is 1. The molecule has 1 aliphatic heterocycles. The molecule has 2 aromatic carbocycles. The fraction of sp³-hybridized carbons (Fsp3) is 0.238. The molecule has 0 bridgehead atoms. The van der Waals surface area contributed by atoms with Crippen molar-refractivity contribution < 1.29 is 14.3 Å². The Balaban J connectivity index is 1.83. The molecular weight excluding hydrogens is 364 g/mol. The molecule has 2 aromatic rings. The zero-order valence-corrected chi connectivity index (χ0v) is 16.0. The average Bonchev–Trinajstić information content (AvgIpc) is 2.67. The van der Waals surface area contributed by atoms with Crippen molar-refractivity contribution in [3.05, 3.63) is 82.0 Å². The molecule has 0 fully saturated rings. The first-order valence-electron chi connectivity index (χ1n) is 8.69. The van der Waals surface area contributed by atoms with E-state index >= 15 is 0 Å². The van der Waals surface area contributed by atoms with Gasteiger partial charge in [-0.1, -0.05) is 60.1 Å². The van der Waals surface area contributed by atoms with Crippen LogP contribution in [0.5, 0.6) is 0 Å². The van der Waals surface area contributed by atoms with Crippen LogP contribution in [-0.4, -0.2) is 30.6 Å². The minimum Gasteiger partial charge on any atom is -0.462 e. The van der Waals surface area contributed by atoms with Gasteiger partial charge in [0.05, 0.1) is 18.2 Å². The Morgan fingerprint density at radius 2 is 1.81 bits per heavy atom. The third kappa shape index (κ3) is 4.14. The Kier molecular flexibility index (Phi) is 5.81. The predicted molar refractivity (Wildman–Crippen MR) is 104 cm³/mol. The van der Waals surface area contributed by atoms with E-state index in [0.717, 1.165) is 5.56 Å². The van der Waals surface area contributed by atoms with Crippen LogP contribution in [0, 0.1) is 0 Å². The van der Waals surface area contributed by atoms with E-state index in [-0.39, 0.29) is 12.6 Å². The Bertz CT molecular complexity index is 880. The maximum absolute atomic E-state index is 12.8. The molecule has 27 heavy (non-hydrogen) atoms. The van der Waals surface area contributed by atoms with Gasteiger partial charge in [-0.05, 0) is 24.1 Å².